The average molecular weight is 588 g/mol. The van der Waals surface area contributed by atoms with E-state index in [1.165, 1.54) is 19.1 Å². The van der Waals surface area contributed by atoms with Crippen LogP contribution in [0.4, 0.5) is 0 Å². The fraction of sp³-hybridized carbons (Fsp3) is 0.586. The molecule has 0 N–H and O–H groups in total. The predicted molar refractivity (Wildman–Crippen MR) is 150 cm³/mol. The Morgan fingerprint density at radius 1 is 0.923 bits per heavy atom. The molecule has 0 fully saturated rings. The molecular weight excluding hydrogens is 547 g/mol. The second-order valence-electron chi connectivity index (χ2n) is 9.85. The van der Waals surface area contributed by atoms with Crippen molar-refractivity contribution in [3.8, 4) is 5.75 Å². The molecular formula is C29H40Cl2O8. The zero-order valence-corrected chi connectivity index (χ0v) is 25.6. The molecule has 8 nitrogen and oxygen atoms in total. The first-order chi connectivity index (χ1) is 18.1. The van der Waals surface area contributed by atoms with Crippen LogP contribution in [0.25, 0.3) is 0 Å². The zero-order chi connectivity index (χ0) is 30.1. The first-order valence-electron chi connectivity index (χ1n) is 13.0. The van der Waals surface area contributed by atoms with E-state index in [9.17, 15) is 19.2 Å². The summed E-state index contributed by atoms with van der Waals surface area (Å²) in [6.45, 7) is 17.1. The summed E-state index contributed by atoms with van der Waals surface area (Å²) in [5.41, 5.74) is -1.70. The first kappa shape index (κ1) is 34.4. The number of ether oxygens (including phenoxy) is 4. The lowest BCUT2D eigenvalue weighted by Crippen LogP contribution is -2.46. The highest BCUT2D eigenvalue weighted by molar-refractivity contribution is 6.45. The molecule has 0 heterocycles. The van der Waals surface area contributed by atoms with Crippen LogP contribution in [0.15, 0.2) is 24.3 Å². The number of halogens is 2. The van der Waals surface area contributed by atoms with E-state index in [2.05, 4.69) is 6.58 Å². The van der Waals surface area contributed by atoms with E-state index in [4.69, 9.17) is 42.1 Å². The van der Waals surface area contributed by atoms with Gasteiger partial charge in [0, 0.05) is 5.56 Å². The molecule has 218 valence electrons. The largest absolute Gasteiger partial charge is 0.491 e. The van der Waals surface area contributed by atoms with Gasteiger partial charge in [-0.05, 0) is 71.6 Å². The van der Waals surface area contributed by atoms with Crippen molar-refractivity contribution in [3.05, 3.63) is 39.9 Å². The summed E-state index contributed by atoms with van der Waals surface area (Å²) in [6.07, 6.45) is -0.862. The number of hydrogen-bond acceptors (Lipinski definition) is 8. The standard InChI is InChI=1S/C29H40Cl2O8/c1-10-17(5)24(32)20-14-15-21(23(31)22(20)30)37-16-28(8,11-2)26(34)39-19(7)29(9,12-3)27(35)38-18(6)25(33)36-13-4/h14-15,18-19H,5,10-13,16H2,1-4,6-9H3/t18-,19-,28?,29?/m1/s1. The summed E-state index contributed by atoms with van der Waals surface area (Å²) in [7, 11) is 0. The van der Waals surface area contributed by atoms with E-state index in [0.29, 0.717) is 24.8 Å². The number of carbonyl (C=O) groups excluding carboxylic acids is 4. The van der Waals surface area contributed by atoms with Crippen molar-refractivity contribution in [3.63, 3.8) is 0 Å². The van der Waals surface area contributed by atoms with Gasteiger partial charge in [-0.15, -0.1) is 0 Å². The Hall–Kier alpha value is -2.58. The molecule has 1 aromatic carbocycles. The number of esters is 3. The van der Waals surface area contributed by atoms with E-state index < -0.39 is 40.9 Å². The molecule has 0 aliphatic heterocycles. The van der Waals surface area contributed by atoms with Gasteiger partial charge in [0.2, 0.25) is 0 Å². The molecule has 0 aliphatic carbocycles. The van der Waals surface area contributed by atoms with E-state index in [1.807, 2.05) is 6.92 Å². The second kappa shape index (κ2) is 14.7. The Bertz CT molecular complexity index is 1090. The monoisotopic (exact) mass is 586 g/mol. The smallest absolute Gasteiger partial charge is 0.347 e. The van der Waals surface area contributed by atoms with Crippen molar-refractivity contribution in [1.82, 2.24) is 0 Å². The van der Waals surface area contributed by atoms with Crippen molar-refractivity contribution < 1.29 is 38.1 Å². The molecule has 0 aromatic heterocycles. The minimum Gasteiger partial charge on any atom is -0.491 e. The molecule has 0 amide bonds. The Morgan fingerprint density at radius 3 is 2.05 bits per heavy atom. The topological polar surface area (TPSA) is 105 Å². The number of carbonyl (C=O) groups is 4. The summed E-state index contributed by atoms with van der Waals surface area (Å²) in [6, 6.07) is 3.02. The molecule has 2 unspecified atom stereocenters. The lowest BCUT2D eigenvalue weighted by Gasteiger charge is -2.35. The number of allylic oxidation sites excluding steroid dienone is 1. The second-order valence-corrected chi connectivity index (χ2v) is 10.6. The normalized spacial score (nSPS) is 15.6. The van der Waals surface area contributed by atoms with Crippen LogP contribution in [-0.4, -0.2) is 49.1 Å². The third kappa shape index (κ3) is 8.21. The predicted octanol–water partition coefficient (Wildman–Crippen LogP) is 6.78. The Morgan fingerprint density at radius 2 is 1.54 bits per heavy atom. The van der Waals surface area contributed by atoms with Crippen LogP contribution >= 0.6 is 23.2 Å². The minimum atomic E-state index is -1.21. The van der Waals surface area contributed by atoms with Crippen LogP contribution in [0, 0.1) is 10.8 Å². The number of hydrogen-bond donors (Lipinski definition) is 0. The van der Waals surface area contributed by atoms with E-state index in [0.717, 1.165) is 0 Å². The van der Waals surface area contributed by atoms with Crippen molar-refractivity contribution >= 4 is 46.9 Å². The van der Waals surface area contributed by atoms with E-state index in [1.54, 1.807) is 41.5 Å². The van der Waals surface area contributed by atoms with Gasteiger partial charge in [-0.3, -0.25) is 14.4 Å². The maximum atomic E-state index is 13.3. The zero-order valence-electron chi connectivity index (χ0n) is 24.1. The molecule has 10 heteroatoms. The Balaban J connectivity index is 3.03. The summed E-state index contributed by atoms with van der Waals surface area (Å²) >= 11 is 12.7. The van der Waals surface area contributed by atoms with Gasteiger partial charge in [0.15, 0.2) is 11.9 Å². The van der Waals surface area contributed by atoms with Crippen LogP contribution in [-0.2, 0) is 28.6 Å². The van der Waals surface area contributed by atoms with Crippen LogP contribution in [0.1, 0.15) is 85.0 Å². The highest BCUT2D eigenvalue weighted by Crippen LogP contribution is 2.38. The summed E-state index contributed by atoms with van der Waals surface area (Å²) in [5, 5.41) is 0.0843. The highest BCUT2D eigenvalue weighted by Gasteiger charge is 2.45. The fourth-order valence-corrected chi connectivity index (χ4v) is 3.81. The molecule has 0 bridgehead atoms. The van der Waals surface area contributed by atoms with Gasteiger partial charge in [0.1, 0.15) is 28.9 Å². The maximum absolute atomic E-state index is 13.3. The number of rotatable bonds is 15. The van der Waals surface area contributed by atoms with Crippen LogP contribution in [0.3, 0.4) is 0 Å². The van der Waals surface area contributed by atoms with Crippen molar-refractivity contribution in [2.75, 3.05) is 13.2 Å². The van der Waals surface area contributed by atoms with Crippen LogP contribution in [0.2, 0.25) is 10.0 Å². The molecule has 0 aliphatic rings. The molecule has 0 spiro atoms. The van der Waals surface area contributed by atoms with Crippen molar-refractivity contribution in [2.45, 2.75) is 86.9 Å². The van der Waals surface area contributed by atoms with Crippen molar-refractivity contribution in [2.24, 2.45) is 10.8 Å². The average Bonchev–Trinajstić information content (AvgIpc) is 2.91. The SMILES string of the molecule is C=C(CC)C(=O)c1ccc(OCC(C)(CC)C(=O)O[C@H](C)C(C)(CC)C(=O)O[C@H](C)C(=O)OCC)c(Cl)c1Cl. The highest BCUT2D eigenvalue weighted by atomic mass is 35.5. The molecule has 0 saturated heterocycles. The molecule has 0 saturated carbocycles. The lowest BCUT2D eigenvalue weighted by atomic mass is 9.81. The number of Topliss-reactive ketones (excluding diaryl/α,β-unsaturated/α-hetero) is 1. The van der Waals surface area contributed by atoms with E-state index in [-0.39, 0.29) is 40.4 Å². The van der Waals surface area contributed by atoms with Crippen molar-refractivity contribution in [1.29, 1.82) is 0 Å². The van der Waals surface area contributed by atoms with Gasteiger partial charge in [0.25, 0.3) is 0 Å². The Labute approximate surface area is 241 Å². The summed E-state index contributed by atoms with van der Waals surface area (Å²) in [5.74, 6) is -2.02. The van der Waals surface area contributed by atoms with Gasteiger partial charge in [0.05, 0.1) is 17.0 Å². The quantitative estimate of drug-likeness (QED) is 0.0957. The summed E-state index contributed by atoms with van der Waals surface area (Å²) < 4.78 is 21.8. The Kier molecular flexibility index (Phi) is 13.0. The molecule has 4 atom stereocenters. The van der Waals surface area contributed by atoms with Gasteiger partial charge >= 0.3 is 17.9 Å². The molecule has 1 rings (SSSR count). The van der Waals surface area contributed by atoms with Gasteiger partial charge in [-0.1, -0.05) is 50.6 Å². The van der Waals surface area contributed by atoms with Gasteiger partial charge in [-0.2, -0.15) is 0 Å². The maximum Gasteiger partial charge on any atom is 0.347 e. The summed E-state index contributed by atoms with van der Waals surface area (Å²) in [4.78, 5) is 50.7. The minimum absolute atomic E-state index is 0.0393. The third-order valence-corrected chi connectivity index (χ3v) is 8.01. The fourth-order valence-electron chi connectivity index (χ4n) is 3.35. The van der Waals surface area contributed by atoms with E-state index >= 15 is 0 Å². The molecule has 0 radical (unpaired) electrons. The van der Waals surface area contributed by atoms with Gasteiger partial charge in [-0.25, -0.2) is 4.79 Å². The molecule has 39 heavy (non-hydrogen) atoms. The molecule has 1 aromatic rings. The number of ketones is 1. The van der Waals surface area contributed by atoms with Gasteiger partial charge < -0.3 is 18.9 Å². The lowest BCUT2D eigenvalue weighted by molar-refractivity contribution is -0.185. The van der Waals surface area contributed by atoms with Crippen LogP contribution < -0.4 is 4.74 Å². The third-order valence-electron chi connectivity index (χ3n) is 7.14. The van der Waals surface area contributed by atoms with Crippen LogP contribution in [0.5, 0.6) is 5.75 Å². The first-order valence-corrected chi connectivity index (χ1v) is 13.8. The number of benzene rings is 1.